The molecule has 0 amide bonds. The van der Waals surface area contributed by atoms with Crippen molar-refractivity contribution in [2.75, 3.05) is 0 Å². The van der Waals surface area contributed by atoms with Crippen molar-refractivity contribution in [2.45, 2.75) is 13.0 Å². The molecule has 0 heterocycles. The van der Waals surface area contributed by atoms with E-state index in [2.05, 4.69) is 5.73 Å². The van der Waals surface area contributed by atoms with E-state index in [1.807, 2.05) is 0 Å². The molecule has 0 aliphatic heterocycles. The molecule has 0 bridgehead atoms. The molecule has 0 aromatic heterocycles. The number of hydrogen-bond acceptors (Lipinski definition) is 4. The van der Waals surface area contributed by atoms with Gasteiger partial charge in [0.25, 0.3) is 0 Å². The fraction of sp³-hybridized carbons (Fsp3) is 0.400. The lowest BCUT2D eigenvalue weighted by Crippen LogP contribution is -2.63. The van der Waals surface area contributed by atoms with Crippen LogP contribution in [0.15, 0.2) is 0 Å². The summed E-state index contributed by atoms with van der Waals surface area (Å²) >= 11 is 0. The molecule has 78 valence electrons. The van der Waals surface area contributed by atoms with Gasteiger partial charge < -0.3 is 31.3 Å². The molecule has 0 radical (unpaired) electrons. The van der Waals surface area contributed by atoms with Crippen LogP contribution in [0, 0.1) is 0 Å². The second-order valence-electron chi connectivity index (χ2n) is 1.83. The Morgan fingerprint density at radius 3 is 1.46 bits per heavy atom. The molecule has 0 aliphatic rings. The number of carbonyl (C=O) groups excluding carboxylic acids is 1. The number of carboxylic acid groups (broad SMARTS) is 3. The number of quaternary nitrogens is 1. The topological polar surface area (TPSA) is 174 Å². The minimum absolute atomic E-state index is 0. The second-order valence-corrected chi connectivity index (χ2v) is 1.83. The summed E-state index contributed by atoms with van der Waals surface area (Å²) in [6, 6.07) is -0.481. The van der Waals surface area contributed by atoms with Crippen LogP contribution in [0.2, 0.25) is 0 Å². The van der Waals surface area contributed by atoms with Crippen LogP contribution < -0.4 is 10.8 Å². The van der Waals surface area contributed by atoms with Gasteiger partial charge in [0.1, 0.15) is 0 Å². The van der Waals surface area contributed by atoms with Gasteiger partial charge in [-0.15, -0.1) is 0 Å². The van der Waals surface area contributed by atoms with Crippen molar-refractivity contribution in [3.05, 3.63) is 0 Å². The third-order valence-electron chi connectivity index (χ3n) is 0.596. The third-order valence-corrected chi connectivity index (χ3v) is 0.596. The van der Waals surface area contributed by atoms with Gasteiger partial charge in [0.15, 0.2) is 12.0 Å². The third kappa shape index (κ3) is 17.9. The quantitative estimate of drug-likeness (QED) is 0.358. The summed E-state index contributed by atoms with van der Waals surface area (Å²) in [5.41, 5.74) is 3.24. The maximum atomic E-state index is 9.64. The molecular weight excluding hydrogens is 186 g/mol. The molecule has 0 aromatic carbocycles. The lowest BCUT2D eigenvalue weighted by molar-refractivity contribution is -0.402. The van der Waals surface area contributed by atoms with E-state index in [4.69, 9.17) is 24.9 Å². The normalized spacial score (nSPS) is 9.69. The monoisotopic (exact) mass is 197 g/mol. The highest BCUT2D eigenvalue weighted by atomic mass is 16.4. The molecule has 1 atom stereocenters. The highest BCUT2D eigenvalue weighted by Crippen LogP contribution is 1.64. The van der Waals surface area contributed by atoms with Crippen molar-refractivity contribution in [2.24, 2.45) is 0 Å². The van der Waals surface area contributed by atoms with Gasteiger partial charge >= 0.3 is 11.9 Å². The van der Waals surface area contributed by atoms with Crippen LogP contribution in [0.25, 0.3) is 0 Å². The van der Waals surface area contributed by atoms with Crippen LogP contribution in [0.3, 0.4) is 0 Å². The minimum Gasteiger partial charge on any atom is -0.539 e. The van der Waals surface area contributed by atoms with Crippen molar-refractivity contribution < 1.29 is 40.9 Å². The van der Waals surface area contributed by atoms with E-state index in [-0.39, 0.29) is 5.48 Å². The molecule has 0 saturated carbocycles. The van der Waals surface area contributed by atoms with Gasteiger partial charge in [0.05, 0.1) is 0 Å². The number of hydrogen-bond donors (Lipinski definition) is 3. The summed E-state index contributed by atoms with van der Waals surface area (Å²) in [5, 5.41) is 24.2. The highest BCUT2D eigenvalue weighted by Gasteiger charge is 2.04. The molecule has 0 rings (SSSR count). The van der Waals surface area contributed by atoms with Gasteiger partial charge in [-0.05, 0) is 6.92 Å². The molecule has 0 saturated heterocycles. The lowest BCUT2D eigenvalue weighted by Gasteiger charge is -1.86. The summed E-state index contributed by atoms with van der Waals surface area (Å²) in [7, 11) is 0. The zero-order valence-electron chi connectivity index (χ0n) is 6.81. The molecule has 8 heteroatoms. The van der Waals surface area contributed by atoms with Crippen molar-refractivity contribution in [3.63, 3.8) is 0 Å². The Kier molecular flexibility index (Phi) is 11.3. The number of aliphatic carboxylic acids is 3. The number of carbonyl (C=O) groups is 3. The first-order valence-corrected chi connectivity index (χ1v) is 2.79. The van der Waals surface area contributed by atoms with Gasteiger partial charge in [-0.2, -0.15) is 0 Å². The van der Waals surface area contributed by atoms with E-state index in [1.165, 1.54) is 6.92 Å². The van der Waals surface area contributed by atoms with Crippen LogP contribution >= 0.6 is 0 Å². The van der Waals surface area contributed by atoms with E-state index in [9.17, 15) is 4.79 Å². The molecule has 13 heavy (non-hydrogen) atoms. The van der Waals surface area contributed by atoms with Gasteiger partial charge in [-0.25, -0.2) is 9.59 Å². The summed E-state index contributed by atoms with van der Waals surface area (Å²) in [6.07, 6.45) is 0. The van der Waals surface area contributed by atoms with Gasteiger partial charge in [0.2, 0.25) is 0 Å². The largest absolute Gasteiger partial charge is 0.539 e. The minimum atomic E-state index is -2.07. The van der Waals surface area contributed by atoms with Crippen LogP contribution in [-0.2, 0) is 14.4 Å². The number of rotatable bonds is 1. The fourth-order valence-corrected chi connectivity index (χ4v) is 0. The predicted octanol–water partition coefficient (Wildman–Crippen LogP) is -4.30. The maximum absolute atomic E-state index is 9.64. The van der Waals surface area contributed by atoms with Crippen LogP contribution in [-0.4, -0.2) is 39.6 Å². The van der Waals surface area contributed by atoms with E-state index in [0.29, 0.717) is 0 Å². The summed E-state index contributed by atoms with van der Waals surface area (Å²) in [4.78, 5) is 27.7. The number of carboxylic acids is 3. The molecular formula is C5H11NO7. The summed E-state index contributed by atoms with van der Waals surface area (Å²) in [6.45, 7) is 1.53. The first kappa shape index (κ1) is 17.4. The SMILES string of the molecule is C[C@@H]([NH3+])C(=O)O.O.O=C([O-])C(=O)O. The predicted molar refractivity (Wildman–Crippen MR) is 36.2 cm³/mol. The van der Waals surface area contributed by atoms with Crippen molar-refractivity contribution in [1.29, 1.82) is 0 Å². The van der Waals surface area contributed by atoms with Crippen LogP contribution in [0.4, 0.5) is 0 Å². The van der Waals surface area contributed by atoms with Crippen LogP contribution in [0.1, 0.15) is 6.92 Å². The molecule has 0 unspecified atom stereocenters. The fourth-order valence-electron chi connectivity index (χ4n) is 0. The van der Waals surface area contributed by atoms with E-state index in [0.717, 1.165) is 0 Å². The maximum Gasteiger partial charge on any atom is 0.362 e. The average molecular weight is 197 g/mol. The molecule has 0 spiro atoms. The smallest absolute Gasteiger partial charge is 0.362 e. The van der Waals surface area contributed by atoms with E-state index < -0.39 is 23.9 Å². The summed E-state index contributed by atoms with van der Waals surface area (Å²) < 4.78 is 0. The standard InChI is InChI=1S/C3H7NO2.C2H2O4.H2O/c1-2(4)3(5)6;3-1(4)2(5)6;/h2H,4H2,1H3,(H,5,6);(H,3,4)(H,5,6);1H2/t2-;;/m1../s1. The lowest BCUT2D eigenvalue weighted by atomic mass is 10.4. The highest BCUT2D eigenvalue weighted by molar-refractivity contribution is 6.26. The average Bonchev–Trinajstić information content (AvgIpc) is 1.88. The molecule has 7 N–H and O–H groups in total. The van der Waals surface area contributed by atoms with E-state index >= 15 is 0 Å². The summed E-state index contributed by atoms with van der Waals surface area (Å²) in [5.74, 6) is -4.86. The molecule has 0 fully saturated rings. The van der Waals surface area contributed by atoms with Crippen LogP contribution in [0.5, 0.6) is 0 Å². The second kappa shape index (κ2) is 8.43. The Balaban J connectivity index is -0.000000143. The van der Waals surface area contributed by atoms with Gasteiger partial charge in [0, 0.05) is 0 Å². The van der Waals surface area contributed by atoms with Crippen molar-refractivity contribution in [1.82, 2.24) is 0 Å². The Bertz CT molecular complexity index is 175. The van der Waals surface area contributed by atoms with E-state index in [1.54, 1.807) is 0 Å². The van der Waals surface area contributed by atoms with Crippen molar-refractivity contribution in [3.8, 4) is 0 Å². The Labute approximate surface area is 72.9 Å². The Morgan fingerprint density at radius 2 is 1.46 bits per heavy atom. The van der Waals surface area contributed by atoms with Crippen molar-refractivity contribution >= 4 is 17.9 Å². The zero-order valence-corrected chi connectivity index (χ0v) is 6.81. The van der Waals surface area contributed by atoms with Gasteiger partial charge in [-0.1, -0.05) is 0 Å². The van der Waals surface area contributed by atoms with Gasteiger partial charge in [-0.3, -0.25) is 0 Å². The zero-order chi connectivity index (χ0) is 10.3. The molecule has 0 aromatic rings. The molecule has 8 nitrogen and oxygen atoms in total. The Morgan fingerprint density at radius 1 is 1.31 bits per heavy atom. The molecule has 0 aliphatic carbocycles. The first-order chi connectivity index (χ1) is 5.29. The Hall–Kier alpha value is -1.67. The first-order valence-electron chi connectivity index (χ1n) is 2.79.